The smallest absolute Gasteiger partial charge is 0.338 e. The first-order valence-corrected chi connectivity index (χ1v) is 6.12. The Kier molecular flexibility index (Phi) is 5.39. The zero-order valence-electron chi connectivity index (χ0n) is 11.2. The molecule has 2 N–H and O–H groups in total. The normalized spacial score (nSPS) is 10.3. The van der Waals surface area contributed by atoms with Crippen LogP contribution in [0.15, 0.2) is 24.4 Å². The van der Waals surface area contributed by atoms with Crippen LogP contribution in [0.25, 0.3) is 10.9 Å². The Morgan fingerprint density at radius 3 is 2.79 bits per heavy atom. The summed E-state index contributed by atoms with van der Waals surface area (Å²) < 4.78 is 7.06. The van der Waals surface area contributed by atoms with Crippen LogP contribution in [0.5, 0.6) is 0 Å². The molecule has 0 bridgehead atoms. The van der Waals surface area contributed by atoms with Gasteiger partial charge in [-0.05, 0) is 43.7 Å². The Morgan fingerprint density at radius 2 is 2.16 bits per heavy atom. The first-order chi connectivity index (χ1) is 8.67. The molecule has 104 valence electrons. The second-order valence-electron chi connectivity index (χ2n) is 4.26. The average Bonchev–Trinajstić information content (AvgIpc) is 2.67. The minimum Gasteiger partial charge on any atom is -0.462 e. The Balaban J connectivity index is 0.00000180. The van der Waals surface area contributed by atoms with E-state index in [1.54, 1.807) is 13.0 Å². The summed E-state index contributed by atoms with van der Waals surface area (Å²) in [5, 5.41) is 1.08. The van der Waals surface area contributed by atoms with E-state index >= 15 is 0 Å². The number of nitrogens with two attached hydrogens (primary N) is 1. The maximum absolute atomic E-state index is 11.7. The van der Waals surface area contributed by atoms with Crippen molar-refractivity contribution in [2.45, 2.75) is 13.3 Å². The van der Waals surface area contributed by atoms with Gasteiger partial charge in [0.25, 0.3) is 0 Å². The Morgan fingerprint density at radius 1 is 1.42 bits per heavy atom. The second kappa shape index (κ2) is 6.59. The number of carbonyl (C=O) groups is 1. The molecule has 5 heteroatoms. The Bertz CT molecular complexity index is 578. The van der Waals surface area contributed by atoms with Gasteiger partial charge in [-0.2, -0.15) is 0 Å². The lowest BCUT2D eigenvalue weighted by atomic mass is 10.1. The lowest BCUT2D eigenvalue weighted by molar-refractivity contribution is 0.0526. The van der Waals surface area contributed by atoms with E-state index in [4.69, 9.17) is 10.5 Å². The average molecular weight is 283 g/mol. The van der Waals surface area contributed by atoms with Crippen LogP contribution in [0.3, 0.4) is 0 Å². The Labute approximate surface area is 118 Å². The first kappa shape index (κ1) is 15.5. The molecule has 2 aromatic rings. The minimum atomic E-state index is -0.276. The number of hydrogen-bond donors (Lipinski definition) is 1. The zero-order valence-corrected chi connectivity index (χ0v) is 12.0. The van der Waals surface area contributed by atoms with Gasteiger partial charge in [0.05, 0.1) is 12.2 Å². The highest BCUT2D eigenvalue weighted by Crippen LogP contribution is 2.22. The standard InChI is InChI=1S/C14H18N2O2.ClH/c1-3-18-14(17)10-4-5-13-12(8-10)11(6-7-15)9-16(13)2;/h4-5,8-9H,3,6-7,15H2,1-2H3;1H. The summed E-state index contributed by atoms with van der Waals surface area (Å²) in [6, 6.07) is 5.63. The highest BCUT2D eigenvalue weighted by Gasteiger charge is 2.11. The van der Waals surface area contributed by atoms with Gasteiger partial charge in [-0.3, -0.25) is 0 Å². The SMILES string of the molecule is CCOC(=O)c1ccc2c(c1)c(CCN)cn2C.Cl. The van der Waals surface area contributed by atoms with Gasteiger partial charge in [-0.25, -0.2) is 4.79 Å². The summed E-state index contributed by atoms with van der Waals surface area (Å²) in [5.74, 6) is -0.276. The van der Waals surface area contributed by atoms with E-state index in [9.17, 15) is 4.79 Å². The predicted molar refractivity (Wildman–Crippen MR) is 78.9 cm³/mol. The summed E-state index contributed by atoms with van der Waals surface area (Å²) >= 11 is 0. The van der Waals surface area contributed by atoms with E-state index in [1.165, 1.54) is 5.56 Å². The number of carbonyl (C=O) groups excluding carboxylic acids is 1. The first-order valence-electron chi connectivity index (χ1n) is 6.12. The fourth-order valence-electron chi connectivity index (χ4n) is 2.17. The summed E-state index contributed by atoms with van der Waals surface area (Å²) in [7, 11) is 1.99. The van der Waals surface area contributed by atoms with Crippen LogP contribution < -0.4 is 5.73 Å². The fourth-order valence-corrected chi connectivity index (χ4v) is 2.17. The van der Waals surface area contributed by atoms with Crippen LogP contribution in [0.4, 0.5) is 0 Å². The van der Waals surface area contributed by atoms with Crippen molar-refractivity contribution in [1.29, 1.82) is 0 Å². The molecule has 0 aliphatic carbocycles. The van der Waals surface area contributed by atoms with Crippen LogP contribution in [0.1, 0.15) is 22.8 Å². The molecule has 1 aromatic heterocycles. The molecule has 0 fully saturated rings. The molecule has 19 heavy (non-hydrogen) atoms. The number of benzene rings is 1. The number of aromatic nitrogens is 1. The third-order valence-electron chi connectivity index (χ3n) is 3.00. The van der Waals surface area contributed by atoms with Gasteiger partial charge in [0.2, 0.25) is 0 Å². The number of esters is 1. The molecule has 0 aliphatic rings. The minimum absolute atomic E-state index is 0. The molecule has 0 atom stereocenters. The third kappa shape index (κ3) is 3.08. The highest BCUT2D eigenvalue weighted by molar-refractivity contribution is 5.96. The second-order valence-corrected chi connectivity index (χ2v) is 4.26. The van der Waals surface area contributed by atoms with E-state index in [0.717, 1.165) is 17.3 Å². The van der Waals surface area contributed by atoms with Crippen molar-refractivity contribution in [3.8, 4) is 0 Å². The summed E-state index contributed by atoms with van der Waals surface area (Å²) in [5.41, 5.74) is 8.47. The number of aryl methyl sites for hydroxylation is 1. The molecule has 0 spiro atoms. The molecule has 4 nitrogen and oxygen atoms in total. The molecule has 2 rings (SSSR count). The third-order valence-corrected chi connectivity index (χ3v) is 3.00. The summed E-state index contributed by atoms with van der Waals surface area (Å²) in [4.78, 5) is 11.7. The van der Waals surface area contributed by atoms with Crippen LogP contribution in [-0.4, -0.2) is 23.7 Å². The van der Waals surface area contributed by atoms with Crippen molar-refractivity contribution in [2.75, 3.05) is 13.2 Å². The van der Waals surface area contributed by atoms with Crippen LogP contribution in [-0.2, 0) is 18.2 Å². The number of rotatable bonds is 4. The van der Waals surface area contributed by atoms with Crippen molar-refractivity contribution in [2.24, 2.45) is 12.8 Å². The van der Waals surface area contributed by atoms with Crippen molar-refractivity contribution in [3.63, 3.8) is 0 Å². The topological polar surface area (TPSA) is 57.2 Å². The lowest BCUT2D eigenvalue weighted by Gasteiger charge is -2.03. The quantitative estimate of drug-likeness (QED) is 0.875. The molecule has 0 unspecified atom stereocenters. The van der Waals surface area contributed by atoms with E-state index < -0.39 is 0 Å². The molecule has 1 aromatic carbocycles. The van der Waals surface area contributed by atoms with E-state index in [1.807, 2.05) is 19.2 Å². The maximum atomic E-state index is 11.7. The number of nitrogens with zero attached hydrogens (tertiary/aromatic N) is 1. The fraction of sp³-hybridized carbons (Fsp3) is 0.357. The zero-order chi connectivity index (χ0) is 13.1. The molecular weight excluding hydrogens is 264 g/mol. The van der Waals surface area contributed by atoms with Crippen molar-refractivity contribution >= 4 is 29.3 Å². The van der Waals surface area contributed by atoms with Gasteiger partial charge in [0.1, 0.15) is 0 Å². The monoisotopic (exact) mass is 282 g/mol. The van der Waals surface area contributed by atoms with Crippen molar-refractivity contribution < 1.29 is 9.53 Å². The molecule has 0 aliphatic heterocycles. The molecular formula is C14H19ClN2O2. The summed E-state index contributed by atoms with van der Waals surface area (Å²) in [6.45, 7) is 2.79. The molecule has 1 heterocycles. The molecule has 0 saturated carbocycles. The van der Waals surface area contributed by atoms with Gasteiger partial charge < -0.3 is 15.0 Å². The maximum Gasteiger partial charge on any atom is 0.338 e. The van der Waals surface area contributed by atoms with Crippen LogP contribution in [0.2, 0.25) is 0 Å². The number of ether oxygens (including phenoxy) is 1. The lowest BCUT2D eigenvalue weighted by Crippen LogP contribution is -2.05. The van der Waals surface area contributed by atoms with E-state index in [0.29, 0.717) is 18.7 Å². The predicted octanol–water partition coefficient (Wildman–Crippen LogP) is 2.28. The van der Waals surface area contributed by atoms with Gasteiger partial charge in [-0.1, -0.05) is 0 Å². The van der Waals surface area contributed by atoms with Crippen molar-refractivity contribution in [1.82, 2.24) is 4.57 Å². The molecule has 0 amide bonds. The van der Waals surface area contributed by atoms with E-state index in [2.05, 4.69) is 10.8 Å². The number of halogens is 1. The van der Waals surface area contributed by atoms with Gasteiger partial charge in [-0.15, -0.1) is 12.4 Å². The van der Waals surface area contributed by atoms with Gasteiger partial charge in [0.15, 0.2) is 0 Å². The molecule has 0 radical (unpaired) electrons. The van der Waals surface area contributed by atoms with Crippen LogP contribution >= 0.6 is 12.4 Å². The van der Waals surface area contributed by atoms with Crippen LogP contribution in [0, 0.1) is 0 Å². The van der Waals surface area contributed by atoms with E-state index in [-0.39, 0.29) is 18.4 Å². The highest BCUT2D eigenvalue weighted by atomic mass is 35.5. The van der Waals surface area contributed by atoms with Gasteiger partial charge >= 0.3 is 5.97 Å². The number of fused-ring (bicyclic) bond motifs is 1. The van der Waals surface area contributed by atoms with Crippen molar-refractivity contribution in [3.05, 3.63) is 35.5 Å². The number of hydrogen-bond acceptors (Lipinski definition) is 3. The Hall–Kier alpha value is -1.52. The summed E-state index contributed by atoms with van der Waals surface area (Å²) in [6.07, 6.45) is 2.87. The molecule has 0 saturated heterocycles. The van der Waals surface area contributed by atoms with Gasteiger partial charge in [0, 0.05) is 24.1 Å². The largest absolute Gasteiger partial charge is 0.462 e.